The fourth-order valence-electron chi connectivity index (χ4n) is 4.44. The van der Waals surface area contributed by atoms with Crippen LogP contribution in [0, 0.1) is 11.3 Å². The van der Waals surface area contributed by atoms with Gasteiger partial charge in [0.2, 0.25) is 0 Å². The minimum Gasteiger partial charge on any atom is -0.496 e. The second-order valence-corrected chi connectivity index (χ2v) is 8.35. The van der Waals surface area contributed by atoms with E-state index in [4.69, 9.17) is 28.4 Å². The minimum absolute atomic E-state index is 0.0669. The maximum Gasteiger partial charge on any atom is 0.303 e. The van der Waals surface area contributed by atoms with Gasteiger partial charge in [0, 0.05) is 44.2 Å². The highest BCUT2D eigenvalue weighted by atomic mass is 16.7. The molecule has 1 fully saturated rings. The van der Waals surface area contributed by atoms with Crippen molar-refractivity contribution in [3.05, 3.63) is 29.5 Å². The molecule has 0 radical (unpaired) electrons. The number of esters is 4. The number of nitriles is 1. The molecule has 1 N–H and O–H groups in total. The van der Waals surface area contributed by atoms with Crippen LogP contribution in [0.15, 0.2) is 18.2 Å². The van der Waals surface area contributed by atoms with Gasteiger partial charge in [-0.3, -0.25) is 19.2 Å². The molecule has 37 heavy (non-hydrogen) atoms. The normalized spacial score (nSPS) is 23.0. The van der Waals surface area contributed by atoms with Crippen molar-refractivity contribution in [2.24, 2.45) is 0 Å². The molecule has 0 saturated carbocycles. The van der Waals surface area contributed by atoms with Crippen molar-refractivity contribution in [1.29, 1.82) is 5.26 Å². The van der Waals surface area contributed by atoms with Crippen LogP contribution in [0.1, 0.15) is 45.1 Å². The molecule has 1 aliphatic heterocycles. The zero-order chi connectivity index (χ0) is 27.3. The maximum absolute atomic E-state index is 12.2. The van der Waals surface area contributed by atoms with Crippen LogP contribution in [0.25, 0.3) is 10.9 Å². The Morgan fingerprint density at radius 1 is 0.946 bits per heavy atom. The largest absolute Gasteiger partial charge is 0.496 e. The molecule has 1 aromatic heterocycles. The lowest BCUT2D eigenvalue weighted by atomic mass is 9.90. The first-order valence-electron chi connectivity index (χ1n) is 11.4. The number of H-pyrrole nitrogens is 1. The van der Waals surface area contributed by atoms with E-state index < -0.39 is 54.4 Å². The first kappa shape index (κ1) is 27.5. The number of carbonyl (C=O) groups excluding carboxylic acids is 4. The van der Waals surface area contributed by atoms with Crippen molar-refractivity contribution >= 4 is 34.8 Å². The summed E-state index contributed by atoms with van der Waals surface area (Å²) in [6.07, 6.45) is -6.22. The van der Waals surface area contributed by atoms with Crippen molar-refractivity contribution in [3.8, 4) is 11.8 Å². The fourth-order valence-corrected chi connectivity index (χ4v) is 4.44. The van der Waals surface area contributed by atoms with E-state index in [0.717, 1.165) is 20.8 Å². The Hall–Kier alpha value is -4.11. The highest BCUT2D eigenvalue weighted by Crippen LogP contribution is 2.42. The Kier molecular flexibility index (Phi) is 8.73. The molecule has 2 heterocycles. The number of benzene rings is 1. The van der Waals surface area contributed by atoms with E-state index in [-0.39, 0.29) is 13.0 Å². The third-order valence-corrected chi connectivity index (χ3v) is 5.67. The number of hydrogen-bond donors (Lipinski definition) is 1. The SMILES string of the molecule is COc1cccc2[nH]c([C@@H]3O[C@H](COC(C)=O)[C@@H](OC(C)=O)[C@H](OC(C)=O)[C@H]3OC(C)=O)c(CC#N)c12. The van der Waals surface area contributed by atoms with E-state index in [9.17, 15) is 24.4 Å². The Morgan fingerprint density at radius 3 is 2.14 bits per heavy atom. The quantitative estimate of drug-likeness (QED) is 0.403. The standard InChI is InChI=1S/C25H28N2O10/c1-12(28)33-11-19-22(34-13(2)29)24(35-14(3)30)25(36-15(4)31)23(37-19)21-16(9-10-26)20-17(27-21)7-6-8-18(20)32-5/h6-8,19,22-25,27H,9,11H2,1-5H3/t19-,22-,23+,24+,25+/m1/s1. The first-order valence-corrected chi connectivity index (χ1v) is 11.4. The fraction of sp³-hybridized carbons (Fsp3) is 0.480. The van der Waals surface area contributed by atoms with Gasteiger partial charge in [-0.25, -0.2) is 0 Å². The van der Waals surface area contributed by atoms with Crippen LogP contribution in [-0.4, -0.2) is 67.0 Å². The molecule has 1 saturated heterocycles. The van der Waals surface area contributed by atoms with Crippen LogP contribution in [0.4, 0.5) is 0 Å². The predicted molar refractivity (Wildman–Crippen MR) is 125 cm³/mol. The van der Waals surface area contributed by atoms with Gasteiger partial charge < -0.3 is 33.4 Å². The second-order valence-electron chi connectivity index (χ2n) is 8.35. The predicted octanol–water partition coefficient (Wildman–Crippen LogP) is 2.04. The number of methoxy groups -OCH3 is 1. The van der Waals surface area contributed by atoms with Crippen molar-refractivity contribution < 1.29 is 47.6 Å². The molecule has 0 amide bonds. The number of aromatic nitrogens is 1. The lowest BCUT2D eigenvalue weighted by molar-refractivity contribution is -0.255. The van der Waals surface area contributed by atoms with Gasteiger partial charge in [0.05, 0.1) is 25.3 Å². The second kappa shape index (κ2) is 11.7. The molecule has 0 spiro atoms. The number of fused-ring (bicyclic) bond motifs is 1. The third-order valence-electron chi connectivity index (χ3n) is 5.67. The molecule has 5 atom stereocenters. The molecule has 0 bridgehead atoms. The van der Waals surface area contributed by atoms with E-state index in [2.05, 4.69) is 11.1 Å². The minimum atomic E-state index is -1.33. The van der Waals surface area contributed by atoms with Crippen molar-refractivity contribution in [3.63, 3.8) is 0 Å². The van der Waals surface area contributed by atoms with Gasteiger partial charge in [0.25, 0.3) is 0 Å². The van der Waals surface area contributed by atoms with Crippen molar-refractivity contribution in [1.82, 2.24) is 4.98 Å². The number of rotatable bonds is 8. The van der Waals surface area contributed by atoms with Gasteiger partial charge >= 0.3 is 23.9 Å². The third kappa shape index (κ3) is 6.18. The zero-order valence-electron chi connectivity index (χ0n) is 21.1. The van der Waals surface area contributed by atoms with E-state index in [1.807, 2.05) is 0 Å². The molecule has 3 rings (SSSR count). The molecular weight excluding hydrogens is 488 g/mol. The number of aromatic amines is 1. The topological polar surface area (TPSA) is 163 Å². The van der Waals surface area contributed by atoms with Crippen LogP contribution >= 0.6 is 0 Å². The van der Waals surface area contributed by atoms with Crippen LogP contribution in [-0.2, 0) is 49.3 Å². The molecule has 0 aliphatic carbocycles. The Bertz CT molecular complexity index is 1230. The number of ether oxygens (including phenoxy) is 6. The molecule has 12 nitrogen and oxygen atoms in total. The van der Waals surface area contributed by atoms with Crippen molar-refractivity contribution in [2.75, 3.05) is 13.7 Å². The number of hydrogen-bond acceptors (Lipinski definition) is 11. The Balaban J connectivity index is 2.23. The number of nitrogens with zero attached hydrogens (tertiary/aromatic N) is 1. The van der Waals surface area contributed by atoms with Crippen LogP contribution in [0.3, 0.4) is 0 Å². The van der Waals surface area contributed by atoms with Crippen LogP contribution in [0.5, 0.6) is 5.75 Å². The average molecular weight is 517 g/mol. The van der Waals surface area contributed by atoms with Gasteiger partial charge in [-0.05, 0) is 12.1 Å². The number of carbonyl (C=O) groups is 4. The zero-order valence-corrected chi connectivity index (χ0v) is 21.1. The summed E-state index contributed by atoms with van der Waals surface area (Å²) in [4.78, 5) is 51.0. The van der Waals surface area contributed by atoms with E-state index in [1.165, 1.54) is 14.0 Å². The smallest absolute Gasteiger partial charge is 0.303 e. The lowest BCUT2D eigenvalue weighted by Gasteiger charge is -2.44. The molecule has 1 aromatic carbocycles. The summed E-state index contributed by atoms with van der Waals surface area (Å²) in [7, 11) is 1.49. The van der Waals surface area contributed by atoms with Crippen LogP contribution in [0.2, 0.25) is 0 Å². The summed E-state index contributed by atoms with van der Waals surface area (Å²) in [6, 6.07) is 7.37. The van der Waals surface area contributed by atoms with E-state index in [1.54, 1.807) is 18.2 Å². The molecule has 12 heteroatoms. The van der Waals surface area contributed by atoms with Crippen molar-refractivity contribution in [2.45, 2.75) is 64.6 Å². The Morgan fingerprint density at radius 2 is 1.57 bits per heavy atom. The molecule has 2 aromatic rings. The lowest BCUT2D eigenvalue weighted by Crippen LogP contribution is -2.59. The maximum atomic E-state index is 12.2. The summed E-state index contributed by atoms with van der Waals surface area (Å²) in [5.74, 6) is -2.29. The van der Waals surface area contributed by atoms with E-state index >= 15 is 0 Å². The average Bonchev–Trinajstić information content (AvgIpc) is 3.18. The molecule has 198 valence electrons. The van der Waals surface area contributed by atoms with Gasteiger partial charge in [-0.15, -0.1) is 0 Å². The van der Waals surface area contributed by atoms with Gasteiger partial charge in [0.15, 0.2) is 18.3 Å². The number of nitrogens with one attached hydrogen (secondary N) is 1. The highest BCUT2D eigenvalue weighted by molar-refractivity contribution is 5.91. The summed E-state index contributed by atoms with van der Waals surface area (Å²) in [6.45, 7) is 4.30. The summed E-state index contributed by atoms with van der Waals surface area (Å²) >= 11 is 0. The van der Waals surface area contributed by atoms with Gasteiger partial charge in [-0.1, -0.05) is 6.07 Å². The molecule has 0 unspecified atom stereocenters. The van der Waals surface area contributed by atoms with Gasteiger partial charge in [0.1, 0.15) is 24.6 Å². The monoisotopic (exact) mass is 516 g/mol. The van der Waals surface area contributed by atoms with Gasteiger partial charge in [-0.2, -0.15) is 5.26 Å². The first-order chi connectivity index (χ1) is 17.6. The highest BCUT2D eigenvalue weighted by Gasteiger charge is 2.53. The Labute approximate surface area is 212 Å². The molecule has 1 aliphatic rings. The van der Waals surface area contributed by atoms with Crippen LogP contribution < -0.4 is 4.74 Å². The summed E-state index contributed by atoms with van der Waals surface area (Å²) in [5.41, 5.74) is 1.49. The molecular formula is C25H28N2O10. The summed E-state index contributed by atoms with van der Waals surface area (Å²) in [5, 5.41) is 10.2. The van der Waals surface area contributed by atoms with E-state index in [0.29, 0.717) is 27.9 Å². The summed E-state index contributed by atoms with van der Waals surface area (Å²) < 4.78 is 33.4.